The molecule has 0 aromatic rings. The zero-order valence-corrected chi connectivity index (χ0v) is 10.3. The molecule has 0 aliphatic carbocycles. The predicted octanol–water partition coefficient (Wildman–Crippen LogP) is 3.44. The molecule has 0 aromatic heterocycles. The van der Waals surface area contributed by atoms with Crippen molar-refractivity contribution in [3.8, 4) is 0 Å². The minimum atomic E-state index is 0.894. The van der Waals surface area contributed by atoms with Gasteiger partial charge in [0.05, 0.1) is 25.7 Å². The topological polar surface area (TPSA) is 0 Å². The van der Waals surface area contributed by atoms with Crippen LogP contribution in [-0.4, -0.2) is 30.2 Å². The molecule has 0 fully saturated rings. The van der Waals surface area contributed by atoms with E-state index in [1.807, 2.05) is 0 Å². The summed E-state index contributed by atoms with van der Waals surface area (Å²) in [5.74, 6) is 0. The van der Waals surface area contributed by atoms with Gasteiger partial charge in [-0.3, -0.25) is 0 Å². The summed E-state index contributed by atoms with van der Waals surface area (Å²) >= 11 is 0. The van der Waals surface area contributed by atoms with Gasteiger partial charge in [-0.2, -0.15) is 0 Å². The van der Waals surface area contributed by atoms with Crippen molar-refractivity contribution in [2.45, 2.75) is 59.9 Å². The van der Waals surface area contributed by atoms with Crippen molar-refractivity contribution < 1.29 is 4.48 Å². The first-order chi connectivity index (χ1) is 6.20. The van der Waals surface area contributed by atoms with Gasteiger partial charge in [0.15, 0.2) is 0 Å². The lowest BCUT2D eigenvalue weighted by molar-refractivity contribution is -0.947. The highest BCUT2D eigenvalue weighted by Gasteiger charge is 2.29. The molecular weight excluding hydrogens is 158 g/mol. The van der Waals surface area contributed by atoms with Gasteiger partial charge in [-0.1, -0.05) is 20.3 Å². The van der Waals surface area contributed by atoms with E-state index < -0.39 is 0 Å². The van der Waals surface area contributed by atoms with E-state index in [0.717, 1.165) is 6.04 Å². The van der Waals surface area contributed by atoms with Gasteiger partial charge in [-0.25, -0.2) is 0 Å². The molecule has 0 rings (SSSR count). The van der Waals surface area contributed by atoms with Crippen LogP contribution in [0.15, 0.2) is 0 Å². The fourth-order valence-corrected chi connectivity index (χ4v) is 2.64. The van der Waals surface area contributed by atoms with Crippen LogP contribution >= 0.6 is 0 Å². The Morgan fingerprint density at radius 3 is 1.54 bits per heavy atom. The molecule has 0 spiro atoms. The molecule has 0 amide bonds. The molecule has 1 unspecified atom stereocenters. The summed E-state index contributed by atoms with van der Waals surface area (Å²) in [6.45, 7) is 15.6. The lowest BCUT2D eigenvalue weighted by Crippen LogP contribution is -2.54. The lowest BCUT2D eigenvalue weighted by atomic mass is 10.0. The van der Waals surface area contributed by atoms with E-state index in [2.05, 4.69) is 34.6 Å². The van der Waals surface area contributed by atoms with Gasteiger partial charge in [-0.05, 0) is 33.6 Å². The average molecular weight is 186 g/mol. The van der Waals surface area contributed by atoms with Gasteiger partial charge in [0.25, 0.3) is 0 Å². The Morgan fingerprint density at radius 2 is 1.31 bits per heavy atom. The Kier molecular flexibility index (Phi) is 6.40. The second-order valence-electron chi connectivity index (χ2n) is 4.02. The normalized spacial score (nSPS) is 14.5. The zero-order chi connectivity index (χ0) is 10.3. The summed E-state index contributed by atoms with van der Waals surface area (Å²) in [5, 5.41) is 0. The highest BCUT2D eigenvalue weighted by atomic mass is 15.4. The summed E-state index contributed by atoms with van der Waals surface area (Å²) in [6.07, 6.45) is 4.06. The number of hydrogen-bond acceptors (Lipinski definition) is 0. The standard InChI is InChI=1S/C12H28N/c1-6-11-12(7-2)13(8-3,9-4)10-5/h12H,6-11H2,1-5H3/q+1. The number of nitrogens with zero attached hydrogens (tertiary/aromatic N) is 1. The van der Waals surface area contributed by atoms with Crippen molar-refractivity contribution in [3.63, 3.8) is 0 Å². The van der Waals surface area contributed by atoms with E-state index >= 15 is 0 Å². The van der Waals surface area contributed by atoms with Crippen LogP contribution in [0.5, 0.6) is 0 Å². The van der Waals surface area contributed by atoms with Gasteiger partial charge in [-0.15, -0.1) is 0 Å². The third-order valence-corrected chi connectivity index (χ3v) is 3.76. The van der Waals surface area contributed by atoms with E-state index in [4.69, 9.17) is 0 Å². The van der Waals surface area contributed by atoms with E-state index in [0.29, 0.717) is 0 Å². The Morgan fingerprint density at radius 1 is 0.846 bits per heavy atom. The third-order valence-electron chi connectivity index (χ3n) is 3.76. The Labute approximate surface area is 84.7 Å². The minimum Gasteiger partial charge on any atom is -0.322 e. The quantitative estimate of drug-likeness (QED) is 0.534. The fraction of sp³-hybridized carbons (Fsp3) is 1.00. The molecule has 80 valence electrons. The van der Waals surface area contributed by atoms with Crippen molar-refractivity contribution in [1.82, 2.24) is 0 Å². The van der Waals surface area contributed by atoms with Crippen molar-refractivity contribution in [3.05, 3.63) is 0 Å². The Balaban J connectivity index is 4.45. The largest absolute Gasteiger partial charge is 0.322 e. The fourth-order valence-electron chi connectivity index (χ4n) is 2.64. The number of hydrogen-bond donors (Lipinski definition) is 0. The first-order valence-corrected chi connectivity index (χ1v) is 6.06. The first kappa shape index (κ1) is 13.0. The molecule has 0 N–H and O–H groups in total. The Hall–Kier alpha value is -0.0400. The van der Waals surface area contributed by atoms with Crippen LogP contribution in [0.2, 0.25) is 0 Å². The maximum absolute atomic E-state index is 2.34. The highest BCUT2D eigenvalue weighted by molar-refractivity contribution is 4.57. The van der Waals surface area contributed by atoms with Crippen LogP contribution < -0.4 is 0 Å². The maximum atomic E-state index is 2.34. The monoisotopic (exact) mass is 186 g/mol. The summed E-state index contributed by atoms with van der Waals surface area (Å²) in [5.41, 5.74) is 0. The molecule has 0 bridgehead atoms. The van der Waals surface area contributed by atoms with Crippen LogP contribution in [0.25, 0.3) is 0 Å². The minimum absolute atomic E-state index is 0.894. The SMILES string of the molecule is CCCC(CC)[N+](CC)(CC)CC. The lowest BCUT2D eigenvalue weighted by Gasteiger charge is -2.43. The van der Waals surface area contributed by atoms with Gasteiger partial charge in [0.2, 0.25) is 0 Å². The molecule has 1 heteroatoms. The summed E-state index contributed by atoms with van der Waals surface area (Å²) in [6, 6.07) is 0.894. The predicted molar refractivity (Wildman–Crippen MR) is 60.9 cm³/mol. The molecule has 0 saturated carbocycles. The number of quaternary nitrogens is 1. The van der Waals surface area contributed by atoms with Gasteiger partial charge in [0, 0.05) is 0 Å². The smallest absolute Gasteiger partial charge is 0.0887 e. The molecule has 1 atom stereocenters. The molecular formula is C12H28N+. The second-order valence-corrected chi connectivity index (χ2v) is 4.02. The highest BCUT2D eigenvalue weighted by Crippen LogP contribution is 2.20. The molecule has 0 radical (unpaired) electrons. The summed E-state index contributed by atoms with van der Waals surface area (Å²) < 4.78 is 1.32. The zero-order valence-electron chi connectivity index (χ0n) is 10.3. The molecule has 0 aromatic carbocycles. The van der Waals surface area contributed by atoms with Crippen molar-refractivity contribution in [2.75, 3.05) is 19.6 Å². The van der Waals surface area contributed by atoms with E-state index in [9.17, 15) is 0 Å². The maximum Gasteiger partial charge on any atom is 0.0887 e. The van der Waals surface area contributed by atoms with Crippen LogP contribution in [0.3, 0.4) is 0 Å². The van der Waals surface area contributed by atoms with Gasteiger partial charge in [0.1, 0.15) is 0 Å². The van der Waals surface area contributed by atoms with E-state index in [1.54, 1.807) is 0 Å². The van der Waals surface area contributed by atoms with Crippen LogP contribution in [0, 0.1) is 0 Å². The molecule has 0 aliphatic rings. The average Bonchev–Trinajstić information content (AvgIpc) is 2.19. The molecule has 0 aliphatic heterocycles. The van der Waals surface area contributed by atoms with Crippen LogP contribution in [0.4, 0.5) is 0 Å². The van der Waals surface area contributed by atoms with Crippen molar-refractivity contribution >= 4 is 0 Å². The molecule has 0 saturated heterocycles. The van der Waals surface area contributed by atoms with Crippen LogP contribution in [0.1, 0.15) is 53.9 Å². The van der Waals surface area contributed by atoms with Gasteiger partial charge >= 0.3 is 0 Å². The van der Waals surface area contributed by atoms with E-state index in [1.165, 1.54) is 43.4 Å². The van der Waals surface area contributed by atoms with Crippen molar-refractivity contribution in [1.29, 1.82) is 0 Å². The first-order valence-electron chi connectivity index (χ1n) is 6.06. The number of rotatable bonds is 7. The van der Waals surface area contributed by atoms with Crippen molar-refractivity contribution in [2.24, 2.45) is 0 Å². The van der Waals surface area contributed by atoms with E-state index in [-0.39, 0.29) is 0 Å². The molecule has 1 nitrogen and oxygen atoms in total. The third kappa shape index (κ3) is 2.98. The summed E-state index contributed by atoms with van der Waals surface area (Å²) in [4.78, 5) is 0. The summed E-state index contributed by atoms with van der Waals surface area (Å²) in [7, 11) is 0. The van der Waals surface area contributed by atoms with Gasteiger partial charge < -0.3 is 4.48 Å². The molecule has 0 heterocycles. The molecule has 13 heavy (non-hydrogen) atoms. The Bertz CT molecular complexity index is 108. The second kappa shape index (κ2) is 6.42. The van der Waals surface area contributed by atoms with Crippen LogP contribution in [-0.2, 0) is 0 Å².